The lowest BCUT2D eigenvalue weighted by molar-refractivity contribution is 0.0694. The molecule has 1 aromatic carbocycles. The van der Waals surface area contributed by atoms with Crippen LogP contribution in [-0.2, 0) is 13.1 Å². The molecule has 0 bridgehead atoms. The van der Waals surface area contributed by atoms with E-state index in [1.807, 2.05) is 38.1 Å². The largest absolute Gasteiger partial charge is 0.497 e. The van der Waals surface area contributed by atoms with Gasteiger partial charge in [-0.1, -0.05) is 38.8 Å². The first-order valence-electron chi connectivity index (χ1n) is 10.6. The zero-order valence-corrected chi connectivity index (χ0v) is 18.3. The summed E-state index contributed by atoms with van der Waals surface area (Å²) >= 11 is 0. The summed E-state index contributed by atoms with van der Waals surface area (Å²) in [6.45, 7) is 9.80. The Balaban J connectivity index is 1.87. The summed E-state index contributed by atoms with van der Waals surface area (Å²) < 4.78 is 7.44. The molecule has 5 heteroatoms. The van der Waals surface area contributed by atoms with E-state index in [0.717, 1.165) is 34.7 Å². The molecule has 2 aromatic rings. The average molecular weight is 399 g/mol. The summed E-state index contributed by atoms with van der Waals surface area (Å²) in [6.07, 6.45) is 3.69. The van der Waals surface area contributed by atoms with Crippen molar-refractivity contribution in [1.29, 1.82) is 0 Å². The second-order valence-corrected chi connectivity index (χ2v) is 8.52. The van der Waals surface area contributed by atoms with Crippen LogP contribution in [-0.4, -0.2) is 28.8 Å². The van der Waals surface area contributed by atoms with Crippen LogP contribution >= 0.6 is 0 Å². The van der Waals surface area contributed by atoms with Crippen LogP contribution in [0.15, 0.2) is 24.3 Å². The molecule has 1 aliphatic carbocycles. The van der Waals surface area contributed by atoms with Crippen molar-refractivity contribution in [2.75, 3.05) is 7.11 Å². The van der Waals surface area contributed by atoms with E-state index >= 15 is 0 Å². The van der Waals surface area contributed by atoms with E-state index in [4.69, 9.17) is 4.74 Å². The quantitative estimate of drug-likeness (QED) is 0.705. The summed E-state index contributed by atoms with van der Waals surface area (Å²) in [5.41, 5.74) is 4.26. The van der Waals surface area contributed by atoms with Crippen molar-refractivity contribution >= 4 is 5.97 Å². The highest BCUT2D eigenvalue weighted by Gasteiger charge is 2.28. The Morgan fingerprint density at radius 1 is 1.24 bits per heavy atom. The summed E-state index contributed by atoms with van der Waals surface area (Å²) in [7, 11) is 1.66. The minimum atomic E-state index is -0.850. The van der Waals surface area contributed by atoms with E-state index < -0.39 is 5.97 Å². The minimum absolute atomic E-state index is 0.439. The molecule has 0 saturated heterocycles. The Hall–Kier alpha value is -2.27. The van der Waals surface area contributed by atoms with E-state index in [2.05, 4.69) is 23.7 Å². The molecule has 3 unspecified atom stereocenters. The minimum Gasteiger partial charge on any atom is -0.497 e. The molecule has 5 nitrogen and oxygen atoms in total. The van der Waals surface area contributed by atoms with E-state index in [9.17, 15) is 9.90 Å². The summed E-state index contributed by atoms with van der Waals surface area (Å²) in [4.78, 5) is 12.1. The molecule has 0 spiro atoms. The number of carboxylic acid groups (broad SMARTS) is 1. The zero-order valence-electron chi connectivity index (χ0n) is 18.3. The lowest BCUT2D eigenvalue weighted by Gasteiger charge is -2.34. The first kappa shape index (κ1) is 21.4. The van der Waals surface area contributed by atoms with Crippen LogP contribution in [0, 0.1) is 25.7 Å². The standard InChI is InChI=1S/C24H34N2O3/c1-15-8-6-11-22(16(15)2)25-13-21-17(3)26(18(4)23(21)24(27)28)14-19-9-7-10-20(12-19)29-5/h7,9-10,12,15-16,22,25H,6,8,11,13-14H2,1-5H3,(H,27,28). The molecule has 1 aliphatic rings. The van der Waals surface area contributed by atoms with Gasteiger partial charge in [0.1, 0.15) is 5.75 Å². The molecule has 0 radical (unpaired) electrons. The van der Waals surface area contributed by atoms with E-state index in [1.165, 1.54) is 12.8 Å². The van der Waals surface area contributed by atoms with Crippen LogP contribution in [0.25, 0.3) is 0 Å². The predicted octanol–water partition coefficient (Wildman–Crippen LogP) is 4.77. The molecule has 0 aliphatic heterocycles. The molecule has 3 rings (SSSR count). The molecular weight excluding hydrogens is 364 g/mol. The molecule has 1 saturated carbocycles. The van der Waals surface area contributed by atoms with Gasteiger partial charge in [-0.25, -0.2) is 4.79 Å². The van der Waals surface area contributed by atoms with Crippen LogP contribution in [0.5, 0.6) is 5.75 Å². The van der Waals surface area contributed by atoms with Crippen molar-refractivity contribution in [2.45, 2.75) is 66.1 Å². The number of nitrogens with zero attached hydrogens (tertiary/aromatic N) is 1. The number of aromatic nitrogens is 1. The molecule has 1 aromatic heterocycles. The number of benzene rings is 1. The van der Waals surface area contributed by atoms with Gasteiger partial charge in [0.05, 0.1) is 12.7 Å². The summed E-state index contributed by atoms with van der Waals surface area (Å²) in [6, 6.07) is 8.38. The maximum atomic E-state index is 12.1. The molecule has 158 valence electrons. The van der Waals surface area contributed by atoms with E-state index in [1.54, 1.807) is 7.11 Å². The van der Waals surface area contributed by atoms with Crippen molar-refractivity contribution in [3.05, 3.63) is 52.3 Å². The Kier molecular flexibility index (Phi) is 6.68. The molecule has 0 amide bonds. The SMILES string of the molecule is COc1cccc(Cn2c(C)c(CNC3CCCC(C)C3C)c(C(=O)O)c2C)c1. The van der Waals surface area contributed by atoms with Gasteiger partial charge in [0.15, 0.2) is 0 Å². The molecule has 2 N–H and O–H groups in total. The van der Waals surface area contributed by atoms with E-state index in [0.29, 0.717) is 36.5 Å². The number of carboxylic acids is 1. The Labute approximate surface area is 174 Å². The van der Waals surface area contributed by atoms with Crippen LogP contribution in [0.4, 0.5) is 0 Å². The Morgan fingerprint density at radius 2 is 2.00 bits per heavy atom. The van der Waals surface area contributed by atoms with Gasteiger partial charge in [-0.05, 0) is 49.8 Å². The van der Waals surface area contributed by atoms with Gasteiger partial charge in [0.2, 0.25) is 0 Å². The Bertz CT molecular complexity index is 871. The third-order valence-electron chi connectivity index (χ3n) is 6.85. The van der Waals surface area contributed by atoms with Crippen molar-refractivity contribution in [3.8, 4) is 5.75 Å². The number of methoxy groups -OCH3 is 1. The van der Waals surface area contributed by atoms with Crippen molar-refractivity contribution in [1.82, 2.24) is 9.88 Å². The smallest absolute Gasteiger partial charge is 0.337 e. The fourth-order valence-electron chi connectivity index (χ4n) is 4.74. The number of ether oxygens (including phenoxy) is 1. The summed E-state index contributed by atoms with van der Waals surface area (Å²) in [5, 5.41) is 13.6. The number of rotatable bonds is 7. The Morgan fingerprint density at radius 3 is 2.69 bits per heavy atom. The first-order chi connectivity index (χ1) is 13.8. The summed E-state index contributed by atoms with van der Waals surface area (Å²) in [5.74, 6) is 1.28. The van der Waals surface area contributed by atoms with Gasteiger partial charge in [0.25, 0.3) is 0 Å². The van der Waals surface area contributed by atoms with Gasteiger partial charge in [-0.15, -0.1) is 0 Å². The van der Waals surface area contributed by atoms with Gasteiger partial charge in [-0.3, -0.25) is 0 Å². The van der Waals surface area contributed by atoms with E-state index in [-0.39, 0.29) is 0 Å². The van der Waals surface area contributed by atoms with Gasteiger partial charge in [-0.2, -0.15) is 0 Å². The monoisotopic (exact) mass is 398 g/mol. The second-order valence-electron chi connectivity index (χ2n) is 8.52. The highest BCUT2D eigenvalue weighted by molar-refractivity contribution is 5.91. The van der Waals surface area contributed by atoms with Crippen LogP contribution in [0.3, 0.4) is 0 Å². The number of hydrogen-bond donors (Lipinski definition) is 2. The van der Waals surface area contributed by atoms with Crippen LogP contribution in [0.2, 0.25) is 0 Å². The number of nitrogens with one attached hydrogen (secondary N) is 1. The topological polar surface area (TPSA) is 63.5 Å². The van der Waals surface area contributed by atoms with Crippen LogP contribution < -0.4 is 10.1 Å². The number of hydrogen-bond acceptors (Lipinski definition) is 3. The fourth-order valence-corrected chi connectivity index (χ4v) is 4.74. The normalized spacial score (nSPS) is 21.9. The van der Waals surface area contributed by atoms with Gasteiger partial charge >= 0.3 is 5.97 Å². The van der Waals surface area contributed by atoms with Crippen molar-refractivity contribution in [3.63, 3.8) is 0 Å². The third-order valence-corrected chi connectivity index (χ3v) is 6.85. The van der Waals surface area contributed by atoms with Crippen LogP contribution in [0.1, 0.15) is 66.0 Å². The predicted molar refractivity (Wildman–Crippen MR) is 116 cm³/mol. The molecular formula is C24H34N2O3. The lowest BCUT2D eigenvalue weighted by Crippen LogP contribution is -2.40. The maximum Gasteiger partial charge on any atom is 0.337 e. The maximum absolute atomic E-state index is 12.1. The molecule has 1 fully saturated rings. The average Bonchev–Trinajstić information content (AvgIpc) is 2.93. The molecule has 29 heavy (non-hydrogen) atoms. The van der Waals surface area contributed by atoms with Crippen molar-refractivity contribution < 1.29 is 14.6 Å². The van der Waals surface area contributed by atoms with Crippen molar-refractivity contribution in [2.24, 2.45) is 11.8 Å². The zero-order chi connectivity index (χ0) is 21.1. The molecule has 3 atom stereocenters. The van der Waals surface area contributed by atoms with Gasteiger partial charge < -0.3 is 19.7 Å². The second kappa shape index (κ2) is 9.04. The highest BCUT2D eigenvalue weighted by Crippen LogP contribution is 2.31. The third kappa shape index (κ3) is 4.50. The first-order valence-corrected chi connectivity index (χ1v) is 10.6. The lowest BCUT2D eigenvalue weighted by atomic mass is 9.78. The molecule has 1 heterocycles. The number of aromatic carboxylic acids is 1. The number of carbonyl (C=O) groups is 1. The highest BCUT2D eigenvalue weighted by atomic mass is 16.5. The fraction of sp³-hybridized carbons (Fsp3) is 0.542. The van der Waals surface area contributed by atoms with Gasteiger partial charge in [0, 0.05) is 36.1 Å².